The van der Waals surface area contributed by atoms with E-state index in [2.05, 4.69) is 5.32 Å². The molecule has 26 heavy (non-hydrogen) atoms. The fourth-order valence-corrected chi connectivity index (χ4v) is 2.66. The third-order valence-corrected chi connectivity index (χ3v) is 4.11. The van der Waals surface area contributed by atoms with Crippen molar-refractivity contribution in [2.45, 2.75) is 20.0 Å². The van der Waals surface area contributed by atoms with Gasteiger partial charge in [0.1, 0.15) is 18.1 Å². The van der Waals surface area contributed by atoms with Gasteiger partial charge in [0, 0.05) is 5.39 Å². The molecule has 0 aliphatic rings. The summed E-state index contributed by atoms with van der Waals surface area (Å²) in [5.74, 6) is 1.34. The number of carbonyl (C=O) groups is 1. The number of hydrogen-bond donors (Lipinski definition) is 1. The number of rotatable bonds is 7. The molecule has 0 saturated heterocycles. The van der Waals surface area contributed by atoms with Crippen LogP contribution in [-0.2, 0) is 4.79 Å². The van der Waals surface area contributed by atoms with Crippen molar-refractivity contribution in [3.05, 3.63) is 72.3 Å². The van der Waals surface area contributed by atoms with Crippen LogP contribution < -0.4 is 14.8 Å². The van der Waals surface area contributed by atoms with Crippen LogP contribution in [0.1, 0.15) is 12.5 Å². The van der Waals surface area contributed by atoms with Gasteiger partial charge in [0.05, 0.1) is 6.54 Å². The minimum atomic E-state index is -0.583. The van der Waals surface area contributed by atoms with E-state index in [9.17, 15) is 4.79 Å². The van der Waals surface area contributed by atoms with Crippen molar-refractivity contribution in [3.8, 4) is 11.5 Å². The van der Waals surface area contributed by atoms with Gasteiger partial charge in [0.15, 0.2) is 6.10 Å². The van der Waals surface area contributed by atoms with Gasteiger partial charge in [-0.05, 0) is 37.4 Å². The van der Waals surface area contributed by atoms with Gasteiger partial charge in [-0.1, -0.05) is 54.1 Å². The van der Waals surface area contributed by atoms with Gasteiger partial charge in [-0.2, -0.15) is 0 Å². The van der Waals surface area contributed by atoms with Crippen LogP contribution in [0.25, 0.3) is 10.8 Å². The highest BCUT2D eigenvalue weighted by atomic mass is 16.5. The number of amides is 1. The molecule has 0 bridgehead atoms. The molecule has 3 aromatic carbocycles. The van der Waals surface area contributed by atoms with Crippen molar-refractivity contribution < 1.29 is 14.3 Å². The first-order chi connectivity index (χ1) is 12.6. The molecule has 1 N–H and O–H groups in total. The van der Waals surface area contributed by atoms with E-state index in [1.807, 2.05) is 73.7 Å². The molecule has 3 rings (SSSR count). The zero-order chi connectivity index (χ0) is 18.4. The van der Waals surface area contributed by atoms with E-state index in [0.717, 1.165) is 16.5 Å². The molecule has 4 heteroatoms. The van der Waals surface area contributed by atoms with Crippen LogP contribution in [0, 0.1) is 6.92 Å². The number of ether oxygens (including phenoxy) is 2. The largest absolute Gasteiger partial charge is 0.492 e. The predicted octanol–water partition coefficient (Wildman–Crippen LogP) is 4.11. The van der Waals surface area contributed by atoms with Crippen LogP contribution in [0.5, 0.6) is 11.5 Å². The van der Waals surface area contributed by atoms with Crippen molar-refractivity contribution in [2.75, 3.05) is 13.2 Å². The Kier molecular flexibility index (Phi) is 5.74. The van der Waals surface area contributed by atoms with Gasteiger partial charge >= 0.3 is 0 Å². The Morgan fingerprint density at radius 3 is 2.54 bits per heavy atom. The fraction of sp³-hybridized carbons (Fsp3) is 0.227. The quantitative estimate of drug-likeness (QED) is 0.653. The summed E-state index contributed by atoms with van der Waals surface area (Å²) in [7, 11) is 0. The highest BCUT2D eigenvalue weighted by Crippen LogP contribution is 2.26. The predicted molar refractivity (Wildman–Crippen MR) is 104 cm³/mol. The topological polar surface area (TPSA) is 47.6 Å². The Labute approximate surface area is 153 Å². The average Bonchev–Trinajstić information content (AvgIpc) is 2.66. The summed E-state index contributed by atoms with van der Waals surface area (Å²) in [6, 6.07) is 21.6. The van der Waals surface area contributed by atoms with Gasteiger partial charge in [-0.25, -0.2) is 0 Å². The summed E-state index contributed by atoms with van der Waals surface area (Å²) in [6.07, 6.45) is -0.583. The molecule has 0 aliphatic heterocycles. The maximum absolute atomic E-state index is 12.2. The van der Waals surface area contributed by atoms with Crippen molar-refractivity contribution in [1.29, 1.82) is 0 Å². The lowest BCUT2D eigenvalue weighted by Gasteiger charge is -2.16. The van der Waals surface area contributed by atoms with E-state index in [4.69, 9.17) is 9.47 Å². The van der Waals surface area contributed by atoms with Gasteiger partial charge < -0.3 is 14.8 Å². The molecule has 0 saturated carbocycles. The summed E-state index contributed by atoms with van der Waals surface area (Å²) in [4.78, 5) is 12.2. The lowest BCUT2D eigenvalue weighted by Crippen LogP contribution is -2.38. The average molecular weight is 349 g/mol. The molecule has 0 fully saturated rings. The minimum absolute atomic E-state index is 0.162. The SMILES string of the molecule is Cc1ccc(OCCNC(=O)[C@H](C)Oc2cccc3ccccc23)cc1. The second kappa shape index (κ2) is 8.39. The van der Waals surface area contributed by atoms with E-state index in [0.29, 0.717) is 18.9 Å². The highest BCUT2D eigenvalue weighted by molar-refractivity contribution is 5.89. The molecule has 134 valence electrons. The monoisotopic (exact) mass is 349 g/mol. The third-order valence-electron chi connectivity index (χ3n) is 4.11. The molecule has 1 atom stereocenters. The Balaban J connectivity index is 1.49. The number of benzene rings is 3. The Morgan fingerprint density at radius 1 is 1.00 bits per heavy atom. The van der Waals surface area contributed by atoms with Crippen molar-refractivity contribution in [3.63, 3.8) is 0 Å². The molecule has 0 heterocycles. The molecular weight excluding hydrogens is 326 g/mol. The van der Waals surface area contributed by atoms with Crippen LogP contribution in [0.3, 0.4) is 0 Å². The standard InChI is InChI=1S/C22H23NO3/c1-16-10-12-19(13-11-16)25-15-14-23-22(24)17(2)26-21-9-5-7-18-6-3-4-8-20(18)21/h3-13,17H,14-15H2,1-2H3,(H,23,24)/t17-/m0/s1. The third kappa shape index (κ3) is 4.54. The van der Waals surface area contributed by atoms with E-state index in [-0.39, 0.29) is 5.91 Å². The maximum Gasteiger partial charge on any atom is 0.260 e. The van der Waals surface area contributed by atoms with Crippen molar-refractivity contribution >= 4 is 16.7 Å². The minimum Gasteiger partial charge on any atom is -0.492 e. The Hall–Kier alpha value is -3.01. The van der Waals surface area contributed by atoms with E-state index in [1.165, 1.54) is 5.56 Å². The normalized spacial score (nSPS) is 11.8. The van der Waals surface area contributed by atoms with Crippen molar-refractivity contribution in [2.24, 2.45) is 0 Å². The smallest absolute Gasteiger partial charge is 0.260 e. The van der Waals surface area contributed by atoms with Crippen LogP contribution in [0.4, 0.5) is 0 Å². The first kappa shape index (κ1) is 17.8. The van der Waals surface area contributed by atoms with Crippen LogP contribution >= 0.6 is 0 Å². The lowest BCUT2D eigenvalue weighted by molar-refractivity contribution is -0.127. The molecular formula is C22H23NO3. The van der Waals surface area contributed by atoms with E-state index >= 15 is 0 Å². The number of aryl methyl sites for hydroxylation is 1. The molecule has 3 aromatic rings. The van der Waals surface area contributed by atoms with E-state index in [1.54, 1.807) is 6.92 Å². The summed E-state index contributed by atoms with van der Waals surface area (Å²) in [6.45, 7) is 4.62. The first-order valence-corrected chi connectivity index (χ1v) is 8.75. The summed E-state index contributed by atoms with van der Waals surface area (Å²) in [5.41, 5.74) is 1.19. The molecule has 0 unspecified atom stereocenters. The second-order valence-corrected chi connectivity index (χ2v) is 6.19. The first-order valence-electron chi connectivity index (χ1n) is 8.75. The Morgan fingerprint density at radius 2 is 1.73 bits per heavy atom. The molecule has 0 aliphatic carbocycles. The van der Waals surface area contributed by atoms with Crippen LogP contribution in [0.15, 0.2) is 66.7 Å². The number of fused-ring (bicyclic) bond motifs is 1. The van der Waals surface area contributed by atoms with Gasteiger partial charge in [-0.15, -0.1) is 0 Å². The summed E-state index contributed by atoms with van der Waals surface area (Å²) >= 11 is 0. The van der Waals surface area contributed by atoms with Crippen molar-refractivity contribution in [1.82, 2.24) is 5.32 Å². The number of hydrogen-bond acceptors (Lipinski definition) is 3. The lowest BCUT2D eigenvalue weighted by atomic mass is 10.1. The fourth-order valence-electron chi connectivity index (χ4n) is 2.66. The van der Waals surface area contributed by atoms with Crippen LogP contribution in [0.2, 0.25) is 0 Å². The zero-order valence-electron chi connectivity index (χ0n) is 15.1. The molecule has 1 amide bonds. The molecule has 0 spiro atoms. The van der Waals surface area contributed by atoms with Crippen LogP contribution in [-0.4, -0.2) is 25.2 Å². The summed E-state index contributed by atoms with van der Waals surface area (Å²) in [5, 5.41) is 4.93. The van der Waals surface area contributed by atoms with Gasteiger partial charge in [-0.3, -0.25) is 4.79 Å². The van der Waals surface area contributed by atoms with Gasteiger partial charge in [0.2, 0.25) is 0 Å². The molecule has 0 radical (unpaired) electrons. The zero-order valence-corrected chi connectivity index (χ0v) is 15.1. The summed E-state index contributed by atoms with van der Waals surface area (Å²) < 4.78 is 11.5. The highest BCUT2D eigenvalue weighted by Gasteiger charge is 2.15. The maximum atomic E-state index is 12.2. The second-order valence-electron chi connectivity index (χ2n) is 6.19. The van der Waals surface area contributed by atoms with E-state index < -0.39 is 6.10 Å². The number of carbonyl (C=O) groups excluding carboxylic acids is 1. The number of nitrogens with one attached hydrogen (secondary N) is 1. The molecule has 0 aromatic heterocycles. The van der Waals surface area contributed by atoms with Gasteiger partial charge in [0.25, 0.3) is 5.91 Å². The Bertz CT molecular complexity index is 869. The molecule has 4 nitrogen and oxygen atoms in total.